The molecule has 0 aliphatic heterocycles. The molecule has 3 rings (SSSR count). The zero-order chi connectivity index (χ0) is 15.5. The molecule has 3 heteroatoms. The molecule has 1 atom stereocenters. The van der Waals surface area contributed by atoms with Crippen molar-refractivity contribution < 1.29 is 9.36 Å². The predicted octanol–water partition coefficient (Wildman–Crippen LogP) is 3.36. The zero-order valence-corrected chi connectivity index (χ0v) is 13.3. The molecule has 1 aliphatic carbocycles. The number of hydrogen-bond donors (Lipinski definition) is 1. The number of carbonyl (C=O) groups is 1. The summed E-state index contributed by atoms with van der Waals surface area (Å²) in [4.78, 5) is 12.4. The largest absolute Gasteiger partial charge is 0.320 e. The van der Waals surface area contributed by atoms with Gasteiger partial charge in [0.25, 0.3) is 5.91 Å². The van der Waals surface area contributed by atoms with Gasteiger partial charge in [-0.05, 0) is 50.3 Å². The number of nitrogens with zero attached hydrogens (tertiary/aromatic N) is 1. The number of nitrogens with one attached hydrogen (secondary N) is 1. The van der Waals surface area contributed by atoms with Crippen LogP contribution in [0, 0.1) is 6.92 Å². The number of carbonyl (C=O) groups excluding carboxylic acids is 1. The molecule has 1 aromatic heterocycles. The number of amides is 1. The van der Waals surface area contributed by atoms with E-state index < -0.39 is 0 Å². The molecule has 22 heavy (non-hydrogen) atoms. The maximum absolute atomic E-state index is 12.4. The Morgan fingerprint density at radius 2 is 1.77 bits per heavy atom. The lowest BCUT2D eigenvalue weighted by Crippen LogP contribution is -2.44. The fourth-order valence-electron chi connectivity index (χ4n) is 2.95. The van der Waals surface area contributed by atoms with Gasteiger partial charge in [0.1, 0.15) is 0 Å². The highest BCUT2D eigenvalue weighted by Gasteiger charge is 2.24. The van der Waals surface area contributed by atoms with Gasteiger partial charge in [0, 0.05) is 24.2 Å². The second-order valence-electron chi connectivity index (χ2n) is 6.18. The van der Waals surface area contributed by atoms with Crippen molar-refractivity contribution in [3.63, 3.8) is 0 Å². The first-order chi connectivity index (χ1) is 10.6. The number of aryl methyl sites for hydroxylation is 3. The van der Waals surface area contributed by atoms with E-state index in [9.17, 15) is 4.79 Å². The lowest BCUT2D eigenvalue weighted by Gasteiger charge is -2.15. The monoisotopic (exact) mass is 295 g/mol. The van der Waals surface area contributed by atoms with E-state index in [0.29, 0.717) is 0 Å². The van der Waals surface area contributed by atoms with E-state index in [1.165, 1.54) is 36.0 Å². The second kappa shape index (κ2) is 6.30. The Morgan fingerprint density at radius 1 is 1.09 bits per heavy atom. The molecule has 114 valence electrons. The summed E-state index contributed by atoms with van der Waals surface area (Å²) in [7, 11) is 0. The number of pyridine rings is 1. The zero-order valence-electron chi connectivity index (χ0n) is 13.3. The van der Waals surface area contributed by atoms with Gasteiger partial charge in [0.2, 0.25) is 6.04 Å². The molecule has 2 aromatic rings. The molecule has 0 saturated heterocycles. The predicted molar refractivity (Wildman–Crippen MR) is 87.8 cm³/mol. The average Bonchev–Trinajstić information content (AvgIpc) is 2.55. The third kappa shape index (κ3) is 3.19. The summed E-state index contributed by atoms with van der Waals surface area (Å²) >= 11 is 0. The van der Waals surface area contributed by atoms with Gasteiger partial charge in [0.15, 0.2) is 12.4 Å². The summed E-state index contributed by atoms with van der Waals surface area (Å²) in [6.07, 6.45) is 9.00. The van der Waals surface area contributed by atoms with Gasteiger partial charge in [-0.15, -0.1) is 0 Å². The molecule has 0 bridgehead atoms. The first-order valence-electron chi connectivity index (χ1n) is 8.03. The number of fused-ring (bicyclic) bond motifs is 1. The molecule has 0 unspecified atom stereocenters. The Kier molecular flexibility index (Phi) is 4.23. The Hall–Kier alpha value is -2.16. The van der Waals surface area contributed by atoms with Crippen molar-refractivity contribution in [2.75, 3.05) is 5.32 Å². The molecule has 1 N–H and O–H groups in total. The number of hydrogen-bond acceptors (Lipinski definition) is 1. The van der Waals surface area contributed by atoms with Gasteiger partial charge in [-0.3, -0.25) is 4.79 Å². The van der Waals surface area contributed by atoms with Crippen LogP contribution in [0.3, 0.4) is 0 Å². The van der Waals surface area contributed by atoms with Gasteiger partial charge >= 0.3 is 0 Å². The summed E-state index contributed by atoms with van der Waals surface area (Å²) < 4.78 is 2.02. The Bertz CT molecular complexity index is 676. The van der Waals surface area contributed by atoms with E-state index in [1.54, 1.807) is 0 Å². The minimum absolute atomic E-state index is 0.0182. The van der Waals surface area contributed by atoms with Crippen LogP contribution in [-0.4, -0.2) is 5.91 Å². The van der Waals surface area contributed by atoms with Crippen LogP contribution in [0.1, 0.15) is 42.5 Å². The van der Waals surface area contributed by atoms with Crippen LogP contribution >= 0.6 is 0 Å². The van der Waals surface area contributed by atoms with Crippen molar-refractivity contribution in [2.45, 2.75) is 45.6 Å². The number of benzene rings is 1. The van der Waals surface area contributed by atoms with Crippen LogP contribution in [0.15, 0.2) is 42.7 Å². The van der Waals surface area contributed by atoms with E-state index in [1.807, 2.05) is 48.9 Å². The van der Waals surface area contributed by atoms with Gasteiger partial charge in [-0.1, -0.05) is 17.7 Å². The van der Waals surface area contributed by atoms with E-state index in [-0.39, 0.29) is 11.9 Å². The smallest absolute Gasteiger partial charge is 0.293 e. The number of rotatable bonds is 3. The first kappa shape index (κ1) is 14.8. The fraction of sp³-hybridized carbons (Fsp3) is 0.368. The second-order valence-corrected chi connectivity index (χ2v) is 6.18. The Labute approximate surface area is 132 Å². The molecule has 0 radical (unpaired) electrons. The van der Waals surface area contributed by atoms with Gasteiger partial charge in [0.05, 0.1) is 0 Å². The minimum Gasteiger partial charge on any atom is -0.320 e. The summed E-state index contributed by atoms with van der Waals surface area (Å²) in [6, 6.07) is 9.85. The molecular formula is C19H23N2O+. The van der Waals surface area contributed by atoms with Gasteiger partial charge in [-0.2, -0.15) is 4.57 Å². The minimum atomic E-state index is -0.214. The van der Waals surface area contributed by atoms with E-state index in [4.69, 9.17) is 0 Å². The first-order valence-corrected chi connectivity index (χ1v) is 8.03. The van der Waals surface area contributed by atoms with Crippen LogP contribution in [0.5, 0.6) is 0 Å². The molecule has 0 fully saturated rings. The average molecular weight is 295 g/mol. The van der Waals surface area contributed by atoms with Crippen molar-refractivity contribution >= 4 is 11.6 Å². The molecule has 3 nitrogen and oxygen atoms in total. The molecule has 1 amide bonds. The highest BCUT2D eigenvalue weighted by molar-refractivity contribution is 5.92. The molecular weight excluding hydrogens is 272 g/mol. The lowest BCUT2D eigenvalue weighted by atomic mass is 9.93. The topological polar surface area (TPSA) is 33.0 Å². The van der Waals surface area contributed by atoms with Crippen LogP contribution in [0.25, 0.3) is 0 Å². The normalized spacial score (nSPS) is 15.0. The van der Waals surface area contributed by atoms with Crippen molar-refractivity contribution in [3.8, 4) is 0 Å². The Morgan fingerprint density at radius 3 is 2.50 bits per heavy atom. The molecule has 0 spiro atoms. The third-order valence-electron chi connectivity index (χ3n) is 4.45. The van der Waals surface area contributed by atoms with Crippen molar-refractivity contribution in [3.05, 3.63) is 59.4 Å². The summed E-state index contributed by atoms with van der Waals surface area (Å²) in [6.45, 7) is 3.98. The lowest BCUT2D eigenvalue weighted by molar-refractivity contribution is -0.706. The molecule has 0 saturated carbocycles. The van der Waals surface area contributed by atoms with E-state index in [2.05, 4.69) is 17.6 Å². The highest BCUT2D eigenvalue weighted by atomic mass is 16.2. The summed E-state index contributed by atoms with van der Waals surface area (Å²) in [5.74, 6) is 0.0182. The summed E-state index contributed by atoms with van der Waals surface area (Å²) in [5.41, 5.74) is 4.87. The van der Waals surface area contributed by atoms with Gasteiger partial charge in [-0.25, -0.2) is 0 Å². The van der Waals surface area contributed by atoms with Gasteiger partial charge < -0.3 is 5.32 Å². The SMILES string of the molecule is Cc1ccc(NC(=O)[C@@H](C)[n+]2ccc3c(c2)CCCC3)cc1. The van der Waals surface area contributed by atoms with E-state index >= 15 is 0 Å². The van der Waals surface area contributed by atoms with Crippen molar-refractivity contribution in [1.82, 2.24) is 0 Å². The molecule has 1 aromatic carbocycles. The Balaban J connectivity index is 1.73. The van der Waals surface area contributed by atoms with Crippen LogP contribution in [-0.2, 0) is 17.6 Å². The molecule has 1 aliphatic rings. The fourth-order valence-corrected chi connectivity index (χ4v) is 2.95. The highest BCUT2D eigenvalue weighted by Crippen LogP contribution is 2.19. The number of anilines is 1. The standard InChI is InChI=1S/C19H22N2O/c1-14-7-9-18(10-8-14)20-19(22)15(2)21-12-11-16-5-3-4-6-17(16)13-21/h7-13,15H,3-6H2,1-2H3/p+1/t15-/m1/s1. The van der Waals surface area contributed by atoms with Crippen molar-refractivity contribution in [1.29, 1.82) is 0 Å². The molecule has 1 heterocycles. The quantitative estimate of drug-likeness (QED) is 0.865. The maximum Gasteiger partial charge on any atom is 0.293 e. The number of aromatic nitrogens is 1. The van der Waals surface area contributed by atoms with Crippen LogP contribution in [0.2, 0.25) is 0 Å². The van der Waals surface area contributed by atoms with E-state index in [0.717, 1.165) is 12.1 Å². The third-order valence-corrected chi connectivity index (χ3v) is 4.45. The van der Waals surface area contributed by atoms with Crippen LogP contribution < -0.4 is 9.88 Å². The maximum atomic E-state index is 12.4. The van der Waals surface area contributed by atoms with Crippen molar-refractivity contribution in [2.24, 2.45) is 0 Å². The van der Waals surface area contributed by atoms with Crippen LogP contribution in [0.4, 0.5) is 5.69 Å². The summed E-state index contributed by atoms with van der Waals surface area (Å²) in [5, 5.41) is 2.99.